The van der Waals surface area contributed by atoms with Gasteiger partial charge in [-0.25, -0.2) is 0 Å². The first kappa shape index (κ1) is 19.8. The quantitative estimate of drug-likeness (QED) is 0.417. The molecule has 140 valence electrons. The van der Waals surface area contributed by atoms with Crippen molar-refractivity contribution in [1.29, 1.82) is 0 Å². The molecule has 0 aliphatic heterocycles. The minimum absolute atomic E-state index is 0.0424. The summed E-state index contributed by atoms with van der Waals surface area (Å²) in [5, 5.41) is 10.8. The maximum Gasteiger partial charge on any atom is 0.270 e. The van der Waals surface area contributed by atoms with Crippen molar-refractivity contribution < 1.29 is 14.5 Å². The number of nitro benzene ring substituents is 1. The van der Waals surface area contributed by atoms with Gasteiger partial charge in [0.05, 0.1) is 4.92 Å². The van der Waals surface area contributed by atoms with Crippen LogP contribution in [0.3, 0.4) is 0 Å². The molecule has 0 fully saturated rings. The van der Waals surface area contributed by atoms with Crippen LogP contribution < -0.4 is 5.73 Å². The second-order valence-corrected chi connectivity index (χ2v) is 5.96. The van der Waals surface area contributed by atoms with Gasteiger partial charge in [0.2, 0.25) is 11.8 Å². The van der Waals surface area contributed by atoms with E-state index in [1.54, 1.807) is 17.0 Å². The van der Waals surface area contributed by atoms with Gasteiger partial charge in [0, 0.05) is 37.7 Å². The Hall–Kier alpha value is -3.48. The number of hydrogen-bond acceptors (Lipinski definition) is 4. The van der Waals surface area contributed by atoms with Gasteiger partial charge in [0.1, 0.15) is 0 Å². The Kier molecular flexibility index (Phi) is 7.25. The van der Waals surface area contributed by atoms with Crippen LogP contribution >= 0.6 is 0 Å². The van der Waals surface area contributed by atoms with Crippen LogP contribution in [0.25, 0.3) is 6.08 Å². The molecular formula is C20H21N3O4. The molecule has 0 aliphatic rings. The molecule has 2 aromatic carbocycles. The molecule has 7 heteroatoms. The van der Waals surface area contributed by atoms with Gasteiger partial charge in [-0.1, -0.05) is 42.5 Å². The van der Waals surface area contributed by atoms with Crippen LogP contribution in [0.2, 0.25) is 0 Å². The van der Waals surface area contributed by atoms with E-state index in [0.29, 0.717) is 18.5 Å². The number of rotatable bonds is 9. The molecule has 27 heavy (non-hydrogen) atoms. The topological polar surface area (TPSA) is 107 Å². The largest absolute Gasteiger partial charge is 0.370 e. The van der Waals surface area contributed by atoms with E-state index in [9.17, 15) is 19.7 Å². The molecule has 0 heterocycles. The molecule has 2 rings (SSSR count). The first-order valence-corrected chi connectivity index (χ1v) is 8.49. The van der Waals surface area contributed by atoms with E-state index >= 15 is 0 Å². The third kappa shape index (κ3) is 6.74. The number of primary amides is 1. The molecule has 0 spiro atoms. The SMILES string of the molecule is NC(=O)CCN(CCc1ccccc1)C(=O)/C=C/c1cccc([N+](=O)[O-])c1. The number of nitrogens with zero attached hydrogens (tertiary/aromatic N) is 2. The molecule has 0 radical (unpaired) electrons. The lowest BCUT2D eigenvalue weighted by atomic mass is 10.1. The first-order valence-electron chi connectivity index (χ1n) is 8.49. The smallest absolute Gasteiger partial charge is 0.270 e. The second-order valence-electron chi connectivity index (χ2n) is 5.96. The van der Waals surface area contributed by atoms with Crippen molar-refractivity contribution in [3.05, 3.63) is 81.9 Å². The summed E-state index contributed by atoms with van der Waals surface area (Å²) >= 11 is 0. The molecule has 0 aliphatic carbocycles. The highest BCUT2D eigenvalue weighted by atomic mass is 16.6. The third-order valence-corrected chi connectivity index (χ3v) is 3.95. The standard InChI is InChI=1S/C20H21N3O4/c21-19(24)12-14-22(13-11-16-5-2-1-3-6-16)20(25)10-9-17-7-4-8-18(15-17)23(26)27/h1-10,15H,11-14H2,(H2,21,24)/b10-9+. The first-order chi connectivity index (χ1) is 13.0. The zero-order valence-electron chi connectivity index (χ0n) is 14.8. The molecule has 0 atom stereocenters. The number of non-ortho nitro benzene ring substituents is 1. The fourth-order valence-electron chi connectivity index (χ4n) is 2.50. The molecule has 0 unspecified atom stereocenters. The van der Waals surface area contributed by atoms with Gasteiger partial charge in [-0.05, 0) is 23.6 Å². The van der Waals surface area contributed by atoms with Crippen molar-refractivity contribution >= 4 is 23.6 Å². The van der Waals surface area contributed by atoms with Crippen LogP contribution in [0.1, 0.15) is 17.5 Å². The van der Waals surface area contributed by atoms with E-state index < -0.39 is 10.8 Å². The summed E-state index contributed by atoms with van der Waals surface area (Å²) in [6.07, 6.45) is 3.60. The van der Waals surface area contributed by atoms with Crippen LogP contribution in [0.5, 0.6) is 0 Å². The zero-order chi connectivity index (χ0) is 19.6. The van der Waals surface area contributed by atoms with E-state index in [0.717, 1.165) is 5.56 Å². The van der Waals surface area contributed by atoms with Gasteiger partial charge in [-0.15, -0.1) is 0 Å². The monoisotopic (exact) mass is 367 g/mol. The lowest BCUT2D eigenvalue weighted by molar-refractivity contribution is -0.384. The Morgan fingerprint density at radius 2 is 1.81 bits per heavy atom. The van der Waals surface area contributed by atoms with E-state index in [-0.39, 0.29) is 24.6 Å². The minimum Gasteiger partial charge on any atom is -0.370 e. The third-order valence-electron chi connectivity index (χ3n) is 3.95. The van der Waals surface area contributed by atoms with Crippen LogP contribution in [0, 0.1) is 10.1 Å². The van der Waals surface area contributed by atoms with Crippen molar-refractivity contribution in [3.8, 4) is 0 Å². The van der Waals surface area contributed by atoms with Crippen molar-refractivity contribution in [1.82, 2.24) is 4.90 Å². The number of amides is 2. The summed E-state index contributed by atoms with van der Waals surface area (Å²) in [6, 6.07) is 15.7. The Balaban J connectivity index is 2.06. The average Bonchev–Trinajstić information content (AvgIpc) is 2.67. The molecule has 2 amide bonds. The highest BCUT2D eigenvalue weighted by Gasteiger charge is 2.12. The summed E-state index contributed by atoms with van der Waals surface area (Å²) in [7, 11) is 0. The van der Waals surface area contributed by atoms with Gasteiger partial charge in [-0.2, -0.15) is 0 Å². The fraction of sp³-hybridized carbons (Fsp3) is 0.200. The number of nitrogens with two attached hydrogens (primary N) is 1. The summed E-state index contributed by atoms with van der Waals surface area (Å²) in [5.74, 6) is -0.756. The van der Waals surface area contributed by atoms with Crippen molar-refractivity contribution in [2.24, 2.45) is 5.73 Å². The van der Waals surface area contributed by atoms with E-state index in [4.69, 9.17) is 5.73 Å². The van der Waals surface area contributed by atoms with Crippen LogP contribution in [-0.4, -0.2) is 34.7 Å². The Labute approximate surface area is 157 Å². The fourth-order valence-corrected chi connectivity index (χ4v) is 2.50. The lowest BCUT2D eigenvalue weighted by Crippen LogP contribution is -2.34. The molecule has 2 aromatic rings. The molecule has 0 bridgehead atoms. The van der Waals surface area contributed by atoms with Crippen molar-refractivity contribution in [3.63, 3.8) is 0 Å². The Morgan fingerprint density at radius 3 is 2.48 bits per heavy atom. The van der Waals surface area contributed by atoms with Gasteiger partial charge in [0.25, 0.3) is 5.69 Å². The summed E-state index contributed by atoms with van der Waals surface area (Å²) < 4.78 is 0. The van der Waals surface area contributed by atoms with Crippen LogP contribution in [-0.2, 0) is 16.0 Å². The Morgan fingerprint density at radius 1 is 1.07 bits per heavy atom. The van der Waals surface area contributed by atoms with Crippen LogP contribution in [0.4, 0.5) is 5.69 Å². The summed E-state index contributed by atoms with van der Waals surface area (Å²) in [6.45, 7) is 0.662. The molecular weight excluding hydrogens is 346 g/mol. The number of carbonyl (C=O) groups excluding carboxylic acids is 2. The number of benzene rings is 2. The average molecular weight is 367 g/mol. The number of hydrogen-bond donors (Lipinski definition) is 1. The number of carbonyl (C=O) groups is 2. The Bertz CT molecular complexity index is 834. The predicted octanol–water partition coefficient (Wildman–Crippen LogP) is 2.55. The second kappa shape index (κ2) is 9.86. The molecule has 0 saturated heterocycles. The molecule has 0 aromatic heterocycles. The predicted molar refractivity (Wildman–Crippen MR) is 103 cm³/mol. The van der Waals surface area contributed by atoms with Gasteiger partial charge in [-0.3, -0.25) is 19.7 Å². The minimum atomic E-state index is -0.488. The van der Waals surface area contributed by atoms with E-state index in [1.165, 1.54) is 24.3 Å². The normalized spacial score (nSPS) is 10.7. The summed E-state index contributed by atoms with van der Waals surface area (Å²) in [4.78, 5) is 35.5. The van der Waals surface area contributed by atoms with Crippen molar-refractivity contribution in [2.45, 2.75) is 12.8 Å². The maximum absolute atomic E-state index is 12.5. The highest BCUT2D eigenvalue weighted by molar-refractivity contribution is 5.92. The highest BCUT2D eigenvalue weighted by Crippen LogP contribution is 2.14. The summed E-state index contributed by atoms with van der Waals surface area (Å²) in [5.41, 5.74) is 6.79. The van der Waals surface area contributed by atoms with E-state index in [2.05, 4.69) is 0 Å². The maximum atomic E-state index is 12.5. The molecule has 2 N–H and O–H groups in total. The van der Waals surface area contributed by atoms with Gasteiger partial charge >= 0.3 is 0 Å². The van der Waals surface area contributed by atoms with Crippen molar-refractivity contribution in [2.75, 3.05) is 13.1 Å². The molecule has 7 nitrogen and oxygen atoms in total. The van der Waals surface area contributed by atoms with Gasteiger partial charge < -0.3 is 10.6 Å². The lowest BCUT2D eigenvalue weighted by Gasteiger charge is -2.20. The van der Waals surface area contributed by atoms with E-state index in [1.807, 2.05) is 30.3 Å². The zero-order valence-corrected chi connectivity index (χ0v) is 14.8. The van der Waals surface area contributed by atoms with Crippen LogP contribution in [0.15, 0.2) is 60.7 Å². The number of nitro groups is 1. The molecule has 0 saturated carbocycles. The van der Waals surface area contributed by atoms with Gasteiger partial charge in [0.15, 0.2) is 0 Å².